The molecule has 0 saturated carbocycles. The minimum Gasteiger partial charge on any atom is -0.467 e. The second-order valence-electron chi connectivity index (χ2n) is 5.33. The van der Waals surface area contributed by atoms with Gasteiger partial charge in [0, 0.05) is 26.2 Å². The first-order valence-electron chi connectivity index (χ1n) is 6.92. The molecule has 0 bridgehead atoms. The first kappa shape index (κ1) is 15.0. The van der Waals surface area contributed by atoms with Crippen molar-refractivity contribution in [1.82, 2.24) is 9.80 Å². The number of carbonyl (C=O) groups excluding carboxylic acids is 1. The number of hydrogen-bond donors (Lipinski definition) is 1. The van der Waals surface area contributed by atoms with Crippen LogP contribution >= 0.6 is 0 Å². The molecule has 1 aliphatic heterocycles. The highest BCUT2D eigenvalue weighted by atomic mass is 16.5. The highest BCUT2D eigenvalue weighted by molar-refractivity contribution is 5.77. The molecule has 1 aromatic heterocycles. The normalized spacial score (nSPS) is 21.6. The summed E-state index contributed by atoms with van der Waals surface area (Å²) in [5, 5.41) is 0. The number of morpholine rings is 1. The molecule has 0 spiro atoms. The molecule has 2 N–H and O–H groups in total. The van der Waals surface area contributed by atoms with Crippen LogP contribution in [0.2, 0.25) is 0 Å². The summed E-state index contributed by atoms with van der Waals surface area (Å²) in [4.78, 5) is 16.0. The summed E-state index contributed by atoms with van der Waals surface area (Å²) in [7, 11) is 1.79. The van der Waals surface area contributed by atoms with Crippen molar-refractivity contribution in [2.45, 2.75) is 25.6 Å². The summed E-state index contributed by atoms with van der Waals surface area (Å²) in [6.07, 6.45) is 1.62. The van der Waals surface area contributed by atoms with Crippen molar-refractivity contribution in [3.63, 3.8) is 0 Å². The van der Waals surface area contributed by atoms with Crippen LogP contribution in [0.15, 0.2) is 22.8 Å². The van der Waals surface area contributed by atoms with Crippen molar-refractivity contribution in [2.75, 3.05) is 33.3 Å². The van der Waals surface area contributed by atoms with Crippen LogP contribution in [0.4, 0.5) is 0 Å². The van der Waals surface area contributed by atoms with Crippen molar-refractivity contribution in [1.29, 1.82) is 0 Å². The van der Waals surface area contributed by atoms with E-state index >= 15 is 0 Å². The Morgan fingerprint density at radius 1 is 1.65 bits per heavy atom. The van der Waals surface area contributed by atoms with Crippen LogP contribution in [0.5, 0.6) is 0 Å². The molecular formula is C14H23N3O3. The third kappa shape index (κ3) is 4.06. The topological polar surface area (TPSA) is 71.9 Å². The second kappa shape index (κ2) is 6.88. The van der Waals surface area contributed by atoms with Gasteiger partial charge in [-0.15, -0.1) is 0 Å². The molecule has 20 heavy (non-hydrogen) atoms. The third-order valence-electron chi connectivity index (χ3n) is 3.52. The number of carbonyl (C=O) groups is 1. The van der Waals surface area contributed by atoms with Crippen molar-refractivity contribution >= 4 is 5.91 Å². The molecular weight excluding hydrogens is 258 g/mol. The van der Waals surface area contributed by atoms with E-state index in [-0.39, 0.29) is 18.1 Å². The smallest absolute Gasteiger partial charge is 0.236 e. The minimum atomic E-state index is -0.0197. The Balaban J connectivity index is 1.81. The minimum absolute atomic E-state index is 0.00642. The van der Waals surface area contributed by atoms with Gasteiger partial charge in [-0.2, -0.15) is 0 Å². The van der Waals surface area contributed by atoms with Gasteiger partial charge in [0.15, 0.2) is 0 Å². The van der Waals surface area contributed by atoms with E-state index in [0.717, 1.165) is 12.3 Å². The Kier molecular flexibility index (Phi) is 5.17. The molecule has 1 saturated heterocycles. The van der Waals surface area contributed by atoms with Gasteiger partial charge < -0.3 is 19.8 Å². The molecule has 0 aromatic carbocycles. The third-order valence-corrected chi connectivity index (χ3v) is 3.52. The van der Waals surface area contributed by atoms with E-state index in [4.69, 9.17) is 14.9 Å². The Hall–Kier alpha value is -1.37. The molecule has 6 nitrogen and oxygen atoms in total. The average molecular weight is 281 g/mol. The molecule has 0 aliphatic carbocycles. The molecule has 0 radical (unpaired) electrons. The van der Waals surface area contributed by atoms with Crippen molar-refractivity contribution in [2.24, 2.45) is 5.73 Å². The Labute approximate surface area is 119 Å². The van der Waals surface area contributed by atoms with E-state index in [1.54, 1.807) is 18.2 Å². The standard InChI is InChI=1S/C14H23N3O3/c1-11(15)13-9-17(5-7-20-13)10-14(18)16(2)8-12-4-3-6-19-12/h3-4,6,11,13H,5,7-10,15H2,1-2H3. The van der Waals surface area contributed by atoms with Crippen LogP contribution < -0.4 is 5.73 Å². The molecule has 2 heterocycles. The summed E-state index contributed by atoms with van der Waals surface area (Å²) in [5.74, 6) is 0.864. The fraction of sp³-hybridized carbons (Fsp3) is 0.643. The van der Waals surface area contributed by atoms with Gasteiger partial charge in [0.25, 0.3) is 0 Å². The van der Waals surface area contributed by atoms with Crippen LogP contribution in [0.25, 0.3) is 0 Å². The summed E-state index contributed by atoms with van der Waals surface area (Å²) >= 11 is 0. The molecule has 1 amide bonds. The van der Waals surface area contributed by atoms with Crippen LogP contribution in [-0.2, 0) is 16.1 Å². The maximum Gasteiger partial charge on any atom is 0.236 e. The SMILES string of the molecule is CC(N)C1CN(CC(=O)N(C)Cc2ccco2)CCO1. The molecule has 2 rings (SSSR count). The summed E-state index contributed by atoms with van der Waals surface area (Å²) in [5.41, 5.74) is 5.85. The number of rotatable bonds is 5. The lowest BCUT2D eigenvalue weighted by atomic mass is 10.1. The van der Waals surface area contributed by atoms with Crippen molar-refractivity contribution < 1.29 is 13.9 Å². The zero-order valence-corrected chi connectivity index (χ0v) is 12.1. The fourth-order valence-electron chi connectivity index (χ4n) is 2.23. The number of ether oxygens (including phenoxy) is 1. The van der Waals surface area contributed by atoms with Crippen molar-refractivity contribution in [3.05, 3.63) is 24.2 Å². The summed E-state index contributed by atoms with van der Waals surface area (Å²) in [6, 6.07) is 3.67. The van der Waals surface area contributed by atoms with Gasteiger partial charge in [-0.1, -0.05) is 0 Å². The van der Waals surface area contributed by atoms with Gasteiger partial charge in [-0.05, 0) is 19.1 Å². The highest BCUT2D eigenvalue weighted by Gasteiger charge is 2.25. The quantitative estimate of drug-likeness (QED) is 0.839. The highest BCUT2D eigenvalue weighted by Crippen LogP contribution is 2.09. The maximum absolute atomic E-state index is 12.2. The zero-order chi connectivity index (χ0) is 14.5. The molecule has 2 atom stereocenters. The molecule has 1 aromatic rings. The van der Waals surface area contributed by atoms with Gasteiger partial charge in [0.05, 0.1) is 32.1 Å². The number of amides is 1. The largest absolute Gasteiger partial charge is 0.467 e. The van der Waals surface area contributed by atoms with E-state index in [1.807, 2.05) is 19.1 Å². The predicted molar refractivity (Wildman–Crippen MR) is 75.0 cm³/mol. The fourth-order valence-corrected chi connectivity index (χ4v) is 2.23. The predicted octanol–water partition coefficient (Wildman–Crippen LogP) is 0.286. The Bertz CT molecular complexity index is 419. The molecule has 6 heteroatoms. The Morgan fingerprint density at radius 3 is 3.10 bits per heavy atom. The lowest BCUT2D eigenvalue weighted by molar-refractivity contribution is -0.134. The molecule has 2 unspecified atom stereocenters. The lowest BCUT2D eigenvalue weighted by Gasteiger charge is -2.34. The van der Waals surface area contributed by atoms with Gasteiger partial charge in [0.1, 0.15) is 5.76 Å². The van der Waals surface area contributed by atoms with Crippen LogP contribution in [0, 0.1) is 0 Å². The van der Waals surface area contributed by atoms with Gasteiger partial charge in [-0.3, -0.25) is 9.69 Å². The van der Waals surface area contributed by atoms with Crippen LogP contribution in [0.3, 0.4) is 0 Å². The van der Waals surface area contributed by atoms with Gasteiger partial charge in [0.2, 0.25) is 5.91 Å². The zero-order valence-electron chi connectivity index (χ0n) is 12.1. The van der Waals surface area contributed by atoms with Crippen LogP contribution in [-0.4, -0.2) is 61.1 Å². The molecule has 112 valence electrons. The number of likely N-dealkylation sites (N-methyl/N-ethyl adjacent to an activating group) is 1. The van der Waals surface area contributed by atoms with E-state index < -0.39 is 0 Å². The first-order chi connectivity index (χ1) is 9.56. The number of furan rings is 1. The van der Waals surface area contributed by atoms with E-state index in [1.165, 1.54) is 0 Å². The van der Waals surface area contributed by atoms with Gasteiger partial charge >= 0.3 is 0 Å². The number of hydrogen-bond acceptors (Lipinski definition) is 5. The van der Waals surface area contributed by atoms with E-state index in [2.05, 4.69) is 4.90 Å². The monoisotopic (exact) mass is 281 g/mol. The molecule has 1 aliphatic rings. The summed E-state index contributed by atoms with van der Waals surface area (Å²) < 4.78 is 10.8. The first-order valence-corrected chi connectivity index (χ1v) is 6.92. The number of nitrogens with two attached hydrogens (primary N) is 1. The van der Waals surface area contributed by atoms with Gasteiger partial charge in [-0.25, -0.2) is 0 Å². The van der Waals surface area contributed by atoms with E-state index in [0.29, 0.717) is 26.2 Å². The maximum atomic E-state index is 12.2. The Morgan fingerprint density at radius 2 is 2.45 bits per heavy atom. The number of nitrogens with zero attached hydrogens (tertiary/aromatic N) is 2. The lowest BCUT2D eigenvalue weighted by Crippen LogP contribution is -2.51. The van der Waals surface area contributed by atoms with Crippen molar-refractivity contribution in [3.8, 4) is 0 Å². The second-order valence-corrected chi connectivity index (χ2v) is 5.33. The van der Waals surface area contributed by atoms with E-state index in [9.17, 15) is 4.79 Å². The average Bonchev–Trinajstić information content (AvgIpc) is 2.91. The molecule has 1 fully saturated rings. The van der Waals surface area contributed by atoms with Crippen LogP contribution in [0.1, 0.15) is 12.7 Å². The summed E-state index contributed by atoms with van der Waals surface area (Å²) in [6.45, 7) is 4.92.